The maximum atomic E-state index is 13.8. The highest BCUT2D eigenvalue weighted by Gasteiger charge is 2.37. The fourth-order valence-electron chi connectivity index (χ4n) is 3.27. The van der Waals surface area contributed by atoms with Crippen LogP contribution in [-0.4, -0.2) is 29.3 Å². The summed E-state index contributed by atoms with van der Waals surface area (Å²) in [5.41, 5.74) is -1.79. The molecule has 33 heavy (non-hydrogen) atoms. The number of ketones is 1. The second kappa shape index (κ2) is 9.31. The predicted octanol–water partition coefficient (Wildman–Crippen LogP) is 7.56. The first-order valence-electron chi connectivity index (χ1n) is 9.69. The lowest BCUT2D eigenvalue weighted by molar-refractivity contribution is -0.0690. The number of carbonyl (C=O) groups is 2. The summed E-state index contributed by atoms with van der Waals surface area (Å²) in [4.78, 5) is 26.0. The summed E-state index contributed by atoms with van der Waals surface area (Å²) in [5.74, 6) is -1.97. The average molecular weight is 521 g/mol. The lowest BCUT2D eigenvalue weighted by Gasteiger charge is -2.20. The van der Waals surface area contributed by atoms with Crippen LogP contribution in [-0.2, 0) is 11.2 Å². The number of halogens is 6. The van der Waals surface area contributed by atoms with Crippen molar-refractivity contribution in [2.45, 2.75) is 43.9 Å². The van der Waals surface area contributed by atoms with Crippen molar-refractivity contribution < 1.29 is 31.9 Å². The number of rotatable bonds is 4. The second-order valence-electron chi connectivity index (χ2n) is 8.24. The van der Waals surface area contributed by atoms with Gasteiger partial charge in [-0.3, -0.25) is 4.79 Å². The van der Waals surface area contributed by atoms with Crippen molar-refractivity contribution in [2.24, 2.45) is 0 Å². The van der Waals surface area contributed by atoms with Gasteiger partial charge in [0.1, 0.15) is 5.60 Å². The third-order valence-electron chi connectivity index (χ3n) is 4.62. The molecular formula is C23H18Cl2F4O3S. The molecule has 0 aromatic heterocycles. The van der Waals surface area contributed by atoms with E-state index in [0.717, 1.165) is 12.1 Å². The molecule has 0 fully saturated rings. The van der Waals surface area contributed by atoms with Crippen molar-refractivity contribution in [3.63, 3.8) is 0 Å². The number of hydrogen-bond acceptors (Lipinski definition) is 4. The van der Waals surface area contributed by atoms with Gasteiger partial charge in [0.25, 0.3) is 0 Å². The summed E-state index contributed by atoms with van der Waals surface area (Å²) >= 11 is 12.6. The molecule has 10 heteroatoms. The molecular weight excluding hydrogens is 503 g/mol. The number of hydrogen-bond donors (Lipinski definition) is 0. The van der Waals surface area contributed by atoms with Gasteiger partial charge in [-0.1, -0.05) is 23.2 Å². The third-order valence-corrected chi connectivity index (χ3v) is 6.33. The molecule has 0 atom stereocenters. The van der Waals surface area contributed by atoms with Crippen molar-refractivity contribution in [2.75, 3.05) is 5.75 Å². The van der Waals surface area contributed by atoms with Crippen molar-refractivity contribution in [3.8, 4) is 0 Å². The fourth-order valence-corrected chi connectivity index (χ4v) is 4.96. The van der Waals surface area contributed by atoms with Gasteiger partial charge in [0.05, 0.1) is 21.2 Å². The molecule has 0 aliphatic carbocycles. The third kappa shape index (κ3) is 5.73. The minimum atomic E-state index is -4.94. The first-order chi connectivity index (χ1) is 15.2. The first kappa shape index (κ1) is 25.6. The summed E-state index contributed by atoms with van der Waals surface area (Å²) in [6.45, 7) is 5.15. The summed E-state index contributed by atoms with van der Waals surface area (Å²) in [6, 6.07) is 4.23. The van der Waals surface area contributed by atoms with Crippen LogP contribution >= 0.6 is 35.0 Å². The SMILES string of the molecule is CC(C)(C)OC(=O)c1ccc(C(=O)C=C(c2cc(Cl)c(F)c(Cl)c2)C(F)(F)F)c2c1SCC2. The molecule has 3 nitrogen and oxygen atoms in total. The number of ether oxygens (including phenoxy) is 1. The van der Waals surface area contributed by atoms with Crippen LogP contribution < -0.4 is 0 Å². The van der Waals surface area contributed by atoms with E-state index in [1.54, 1.807) is 20.8 Å². The molecule has 0 saturated heterocycles. The van der Waals surface area contributed by atoms with E-state index in [1.165, 1.54) is 23.9 Å². The highest BCUT2D eigenvalue weighted by Crippen LogP contribution is 2.40. The van der Waals surface area contributed by atoms with E-state index in [9.17, 15) is 27.2 Å². The smallest absolute Gasteiger partial charge is 0.417 e. The van der Waals surface area contributed by atoms with Crippen molar-refractivity contribution >= 4 is 52.3 Å². The summed E-state index contributed by atoms with van der Waals surface area (Å²) in [6.07, 6.45) is -4.10. The zero-order valence-corrected chi connectivity index (χ0v) is 20.0. The minimum Gasteiger partial charge on any atom is -0.456 e. The molecule has 1 aliphatic heterocycles. The minimum absolute atomic E-state index is 0.0448. The highest BCUT2D eigenvalue weighted by atomic mass is 35.5. The van der Waals surface area contributed by atoms with Crippen LogP contribution in [0.3, 0.4) is 0 Å². The van der Waals surface area contributed by atoms with E-state index < -0.39 is 50.5 Å². The van der Waals surface area contributed by atoms with Gasteiger partial charge in [-0.25, -0.2) is 9.18 Å². The van der Waals surface area contributed by atoms with Crippen molar-refractivity contribution in [1.29, 1.82) is 0 Å². The second-order valence-corrected chi connectivity index (χ2v) is 10.2. The molecule has 0 bridgehead atoms. The van der Waals surface area contributed by atoms with Crippen molar-refractivity contribution in [1.82, 2.24) is 0 Å². The van der Waals surface area contributed by atoms with Crippen LogP contribution in [0.4, 0.5) is 17.6 Å². The molecule has 0 spiro atoms. The Morgan fingerprint density at radius 2 is 1.64 bits per heavy atom. The zero-order valence-electron chi connectivity index (χ0n) is 17.7. The highest BCUT2D eigenvalue weighted by molar-refractivity contribution is 7.99. The summed E-state index contributed by atoms with van der Waals surface area (Å²) in [5, 5.41) is -1.20. The lowest BCUT2D eigenvalue weighted by Crippen LogP contribution is -2.24. The van der Waals surface area contributed by atoms with Gasteiger partial charge in [-0.2, -0.15) is 13.2 Å². The van der Waals surface area contributed by atoms with Gasteiger partial charge in [-0.05, 0) is 68.7 Å². The van der Waals surface area contributed by atoms with E-state index in [2.05, 4.69) is 0 Å². The number of esters is 1. The number of carbonyl (C=O) groups excluding carboxylic acids is 2. The Balaban J connectivity index is 2.07. The maximum absolute atomic E-state index is 13.8. The Hall–Kier alpha value is -2.03. The lowest BCUT2D eigenvalue weighted by atomic mass is 9.95. The average Bonchev–Trinajstić information content (AvgIpc) is 3.16. The summed E-state index contributed by atoms with van der Waals surface area (Å²) in [7, 11) is 0. The maximum Gasteiger partial charge on any atom is 0.417 e. The number of alkyl halides is 3. The number of fused-ring (bicyclic) bond motifs is 1. The van der Waals surface area contributed by atoms with Crippen molar-refractivity contribution in [3.05, 3.63) is 68.5 Å². The van der Waals surface area contributed by atoms with Gasteiger partial charge in [-0.15, -0.1) is 11.8 Å². The molecule has 0 amide bonds. The Kier molecular flexibility index (Phi) is 7.22. The van der Waals surface area contributed by atoms with Gasteiger partial charge in [0.2, 0.25) is 0 Å². The number of allylic oxidation sites excluding steroid dienone is 2. The molecule has 176 valence electrons. The predicted molar refractivity (Wildman–Crippen MR) is 121 cm³/mol. The van der Waals surface area contributed by atoms with Gasteiger partial charge >= 0.3 is 12.1 Å². The number of thioether (sulfide) groups is 1. The van der Waals surface area contributed by atoms with E-state index in [-0.39, 0.29) is 11.1 Å². The Bertz CT molecular complexity index is 1140. The fraction of sp³-hybridized carbons (Fsp3) is 0.304. The molecule has 0 unspecified atom stereocenters. The normalized spacial score (nSPS) is 14.3. The van der Waals surface area contributed by atoms with Crippen LogP contribution in [0.15, 0.2) is 35.2 Å². The largest absolute Gasteiger partial charge is 0.456 e. The molecule has 2 aromatic carbocycles. The van der Waals surface area contributed by atoms with Gasteiger partial charge in [0.15, 0.2) is 11.6 Å². The molecule has 1 heterocycles. The molecule has 1 aliphatic rings. The standard InChI is InChI=1S/C23H18Cl2F4O3S/c1-22(2,3)32-21(31)14-5-4-12(13-6-7-33-20(13)14)18(30)10-15(23(27,28)29)11-8-16(24)19(26)17(25)9-11/h4-5,8-10H,6-7H2,1-3H3. The molecule has 0 saturated carbocycles. The molecule has 0 radical (unpaired) electrons. The van der Waals surface area contributed by atoms with Crippen LogP contribution in [0.2, 0.25) is 10.0 Å². The Labute approximate surface area is 202 Å². The van der Waals surface area contributed by atoms with Crippen LogP contribution in [0.5, 0.6) is 0 Å². The molecule has 3 rings (SSSR count). The quantitative estimate of drug-likeness (QED) is 0.137. The van der Waals surface area contributed by atoms with Crippen LogP contribution in [0, 0.1) is 5.82 Å². The Morgan fingerprint density at radius 3 is 2.18 bits per heavy atom. The number of benzene rings is 2. The zero-order chi connectivity index (χ0) is 24.7. The topological polar surface area (TPSA) is 43.4 Å². The summed E-state index contributed by atoms with van der Waals surface area (Å²) < 4.78 is 60.4. The first-order valence-corrected chi connectivity index (χ1v) is 11.4. The van der Waals surface area contributed by atoms with Crippen LogP contribution in [0.25, 0.3) is 5.57 Å². The van der Waals surface area contributed by atoms with Gasteiger partial charge in [0, 0.05) is 16.2 Å². The van der Waals surface area contributed by atoms with E-state index in [1.807, 2.05) is 0 Å². The monoisotopic (exact) mass is 520 g/mol. The van der Waals surface area contributed by atoms with Gasteiger partial charge < -0.3 is 4.74 Å². The molecule has 0 N–H and O–H groups in total. The van der Waals surface area contributed by atoms with E-state index >= 15 is 0 Å². The Morgan fingerprint density at radius 1 is 1.06 bits per heavy atom. The van der Waals surface area contributed by atoms with Crippen LogP contribution in [0.1, 0.15) is 52.6 Å². The molecule has 2 aromatic rings. The van der Waals surface area contributed by atoms with E-state index in [4.69, 9.17) is 27.9 Å². The van der Waals surface area contributed by atoms with E-state index in [0.29, 0.717) is 28.7 Å².